The summed E-state index contributed by atoms with van der Waals surface area (Å²) in [5.74, 6) is 0.350. The lowest BCUT2D eigenvalue weighted by Crippen LogP contribution is -2.36. The van der Waals surface area contributed by atoms with Gasteiger partial charge in [-0.25, -0.2) is 0 Å². The fourth-order valence-electron chi connectivity index (χ4n) is 2.18. The molecule has 88 valence electrons. The second-order valence-corrected chi connectivity index (χ2v) is 5.61. The van der Waals surface area contributed by atoms with Gasteiger partial charge in [-0.1, -0.05) is 26.0 Å². The Hall–Kier alpha value is -1.02. The minimum absolute atomic E-state index is 0.350. The molecule has 1 aromatic rings. The summed E-state index contributed by atoms with van der Waals surface area (Å²) in [6.07, 6.45) is 2.57. The van der Waals surface area contributed by atoms with E-state index in [0.29, 0.717) is 11.2 Å². The molecule has 0 bridgehead atoms. The molecule has 0 saturated carbocycles. The van der Waals surface area contributed by atoms with Gasteiger partial charge in [0.05, 0.1) is 0 Å². The molecule has 2 nitrogen and oxygen atoms in total. The maximum absolute atomic E-state index is 9.22. The predicted molar refractivity (Wildman–Crippen MR) is 66.4 cm³/mol. The van der Waals surface area contributed by atoms with Crippen LogP contribution in [0.15, 0.2) is 24.3 Å². The number of nitrogens with zero attached hydrogens (tertiary/aromatic N) is 1. The molecule has 1 saturated heterocycles. The van der Waals surface area contributed by atoms with Gasteiger partial charge in [-0.05, 0) is 49.0 Å². The van der Waals surface area contributed by atoms with Crippen LogP contribution in [0.1, 0.15) is 32.3 Å². The number of phenolic OH excluding ortho intramolecular Hbond substituents is 1. The van der Waals surface area contributed by atoms with Gasteiger partial charge in [0.15, 0.2) is 0 Å². The Labute approximate surface area is 97.9 Å². The molecule has 0 amide bonds. The van der Waals surface area contributed by atoms with Crippen LogP contribution in [-0.4, -0.2) is 23.1 Å². The van der Waals surface area contributed by atoms with Crippen LogP contribution in [0.5, 0.6) is 5.75 Å². The van der Waals surface area contributed by atoms with E-state index in [4.69, 9.17) is 0 Å². The SMILES string of the molecule is CC1(C)CCN(Cc2ccc(O)cc2)CC1. The number of hydrogen-bond donors (Lipinski definition) is 1. The lowest BCUT2D eigenvalue weighted by molar-refractivity contribution is 0.127. The van der Waals surface area contributed by atoms with Crippen molar-refractivity contribution in [3.8, 4) is 5.75 Å². The molecule has 2 rings (SSSR count). The maximum atomic E-state index is 9.22. The number of likely N-dealkylation sites (tertiary alicyclic amines) is 1. The number of phenols is 1. The van der Waals surface area contributed by atoms with E-state index < -0.39 is 0 Å². The van der Waals surface area contributed by atoms with Crippen LogP contribution in [0.25, 0.3) is 0 Å². The Bertz CT molecular complexity index is 332. The van der Waals surface area contributed by atoms with Gasteiger partial charge in [0.1, 0.15) is 5.75 Å². The highest BCUT2D eigenvalue weighted by Crippen LogP contribution is 2.30. The average molecular weight is 219 g/mol. The van der Waals surface area contributed by atoms with E-state index in [1.807, 2.05) is 12.1 Å². The van der Waals surface area contributed by atoms with Crippen molar-refractivity contribution in [1.29, 1.82) is 0 Å². The monoisotopic (exact) mass is 219 g/mol. The largest absolute Gasteiger partial charge is 0.508 e. The molecular formula is C14H21NO. The van der Waals surface area contributed by atoms with Crippen LogP contribution in [0.4, 0.5) is 0 Å². The third kappa shape index (κ3) is 2.99. The fourth-order valence-corrected chi connectivity index (χ4v) is 2.18. The lowest BCUT2D eigenvalue weighted by atomic mass is 9.82. The molecule has 0 spiro atoms. The van der Waals surface area contributed by atoms with Gasteiger partial charge >= 0.3 is 0 Å². The molecule has 1 aromatic carbocycles. The Morgan fingerprint density at radius 2 is 1.69 bits per heavy atom. The topological polar surface area (TPSA) is 23.5 Å². The van der Waals surface area contributed by atoms with Gasteiger partial charge in [0.25, 0.3) is 0 Å². The zero-order valence-electron chi connectivity index (χ0n) is 10.2. The number of aromatic hydroxyl groups is 1. The molecule has 16 heavy (non-hydrogen) atoms. The summed E-state index contributed by atoms with van der Waals surface area (Å²) in [7, 11) is 0. The van der Waals surface area contributed by atoms with Gasteiger partial charge in [-0.3, -0.25) is 4.90 Å². The number of piperidine rings is 1. The second-order valence-electron chi connectivity index (χ2n) is 5.61. The van der Waals surface area contributed by atoms with Crippen LogP contribution in [0.2, 0.25) is 0 Å². The first-order valence-corrected chi connectivity index (χ1v) is 6.05. The third-order valence-electron chi connectivity index (χ3n) is 3.55. The van der Waals surface area contributed by atoms with Gasteiger partial charge in [0, 0.05) is 6.54 Å². The Balaban J connectivity index is 1.89. The molecule has 1 heterocycles. The minimum atomic E-state index is 0.350. The van der Waals surface area contributed by atoms with Gasteiger partial charge in [-0.2, -0.15) is 0 Å². The summed E-state index contributed by atoms with van der Waals surface area (Å²) in [5, 5.41) is 9.22. The molecule has 2 heteroatoms. The highest BCUT2D eigenvalue weighted by Gasteiger charge is 2.24. The molecule has 0 aliphatic carbocycles. The first kappa shape index (κ1) is 11.5. The first-order valence-electron chi connectivity index (χ1n) is 6.05. The highest BCUT2D eigenvalue weighted by atomic mass is 16.3. The van der Waals surface area contributed by atoms with Crippen molar-refractivity contribution in [3.05, 3.63) is 29.8 Å². The lowest BCUT2D eigenvalue weighted by Gasteiger charge is -2.36. The van der Waals surface area contributed by atoms with Crippen LogP contribution in [0, 0.1) is 5.41 Å². The maximum Gasteiger partial charge on any atom is 0.115 e. The summed E-state index contributed by atoms with van der Waals surface area (Å²) in [6, 6.07) is 7.55. The van der Waals surface area contributed by atoms with Crippen molar-refractivity contribution in [2.45, 2.75) is 33.2 Å². The summed E-state index contributed by atoms with van der Waals surface area (Å²) < 4.78 is 0. The van der Waals surface area contributed by atoms with Gasteiger partial charge < -0.3 is 5.11 Å². The Kier molecular flexibility index (Phi) is 3.20. The van der Waals surface area contributed by atoms with E-state index in [2.05, 4.69) is 18.7 Å². The quantitative estimate of drug-likeness (QED) is 0.826. The van der Waals surface area contributed by atoms with Crippen molar-refractivity contribution >= 4 is 0 Å². The van der Waals surface area contributed by atoms with E-state index in [1.54, 1.807) is 12.1 Å². The Morgan fingerprint density at radius 3 is 2.25 bits per heavy atom. The van der Waals surface area contributed by atoms with Crippen molar-refractivity contribution in [2.75, 3.05) is 13.1 Å². The van der Waals surface area contributed by atoms with Crippen LogP contribution >= 0.6 is 0 Å². The van der Waals surface area contributed by atoms with Gasteiger partial charge in [-0.15, -0.1) is 0 Å². The number of rotatable bonds is 2. The van der Waals surface area contributed by atoms with Crippen LogP contribution in [0.3, 0.4) is 0 Å². The van der Waals surface area contributed by atoms with E-state index in [-0.39, 0.29) is 0 Å². The standard InChI is InChI=1S/C14H21NO/c1-14(2)7-9-15(10-8-14)11-12-3-5-13(16)6-4-12/h3-6,16H,7-11H2,1-2H3. The van der Waals surface area contributed by atoms with Crippen molar-refractivity contribution < 1.29 is 5.11 Å². The molecule has 1 aliphatic rings. The van der Waals surface area contributed by atoms with E-state index >= 15 is 0 Å². The Morgan fingerprint density at radius 1 is 1.12 bits per heavy atom. The van der Waals surface area contributed by atoms with E-state index in [1.165, 1.54) is 31.5 Å². The third-order valence-corrected chi connectivity index (χ3v) is 3.55. The molecule has 1 N–H and O–H groups in total. The molecule has 0 unspecified atom stereocenters. The fraction of sp³-hybridized carbons (Fsp3) is 0.571. The second kappa shape index (κ2) is 4.46. The molecule has 0 atom stereocenters. The number of benzene rings is 1. The normalized spacial score (nSPS) is 20.9. The molecule has 1 aliphatic heterocycles. The summed E-state index contributed by atoms with van der Waals surface area (Å²) in [5.41, 5.74) is 1.81. The molecular weight excluding hydrogens is 198 g/mol. The summed E-state index contributed by atoms with van der Waals surface area (Å²) in [6.45, 7) is 8.09. The average Bonchev–Trinajstić information content (AvgIpc) is 2.24. The predicted octanol–water partition coefficient (Wildman–Crippen LogP) is 3.01. The first-order chi connectivity index (χ1) is 7.55. The number of hydrogen-bond acceptors (Lipinski definition) is 2. The molecule has 0 radical (unpaired) electrons. The van der Waals surface area contributed by atoms with Crippen LogP contribution in [-0.2, 0) is 6.54 Å². The van der Waals surface area contributed by atoms with E-state index in [9.17, 15) is 5.11 Å². The minimum Gasteiger partial charge on any atom is -0.508 e. The van der Waals surface area contributed by atoms with Crippen molar-refractivity contribution in [3.63, 3.8) is 0 Å². The van der Waals surface area contributed by atoms with Crippen molar-refractivity contribution in [1.82, 2.24) is 4.90 Å². The zero-order valence-corrected chi connectivity index (χ0v) is 10.2. The smallest absolute Gasteiger partial charge is 0.115 e. The summed E-state index contributed by atoms with van der Waals surface area (Å²) >= 11 is 0. The molecule has 0 aromatic heterocycles. The van der Waals surface area contributed by atoms with Crippen molar-refractivity contribution in [2.24, 2.45) is 5.41 Å². The van der Waals surface area contributed by atoms with E-state index in [0.717, 1.165) is 6.54 Å². The van der Waals surface area contributed by atoms with Gasteiger partial charge in [0.2, 0.25) is 0 Å². The summed E-state index contributed by atoms with van der Waals surface area (Å²) in [4.78, 5) is 2.50. The molecule has 1 fully saturated rings. The highest BCUT2D eigenvalue weighted by molar-refractivity contribution is 5.25. The zero-order chi connectivity index (χ0) is 11.6. The van der Waals surface area contributed by atoms with Crippen LogP contribution < -0.4 is 0 Å².